The highest BCUT2D eigenvalue weighted by atomic mass is 28.4. The smallest absolute Gasteiger partial charge is 0.172 e. The first-order valence-electron chi connectivity index (χ1n) is 7.40. The molecule has 110 valence electrons. The van der Waals surface area contributed by atoms with Crippen molar-refractivity contribution in [3.8, 4) is 0 Å². The van der Waals surface area contributed by atoms with Crippen LogP contribution in [0.5, 0.6) is 0 Å². The average Bonchev–Trinajstić information content (AvgIpc) is 2.18. The van der Waals surface area contributed by atoms with E-state index in [1.165, 1.54) is 24.2 Å². The minimum atomic E-state index is -1.32. The Bertz CT molecular complexity index is 216. The van der Waals surface area contributed by atoms with Crippen molar-refractivity contribution in [2.45, 2.75) is 70.0 Å². The largest absolute Gasteiger partial charge is 0.461 e. The van der Waals surface area contributed by atoms with E-state index in [2.05, 4.69) is 45.8 Å². The van der Waals surface area contributed by atoms with Crippen LogP contribution in [0.15, 0.2) is 0 Å². The third-order valence-electron chi connectivity index (χ3n) is 2.88. The van der Waals surface area contributed by atoms with Crippen LogP contribution in [0.25, 0.3) is 0 Å². The van der Waals surface area contributed by atoms with Crippen molar-refractivity contribution in [2.75, 3.05) is 0 Å². The van der Waals surface area contributed by atoms with E-state index in [-0.39, 0.29) is 28.3 Å². The number of rotatable bonds is 10. The molecule has 0 aromatic rings. The van der Waals surface area contributed by atoms with Gasteiger partial charge in [0.05, 0.1) is 0 Å². The van der Waals surface area contributed by atoms with Crippen LogP contribution in [0.1, 0.15) is 0 Å². The molecule has 0 rings (SSSR count). The monoisotopic (exact) mass is 338 g/mol. The molecule has 0 aliphatic carbocycles. The summed E-state index contributed by atoms with van der Waals surface area (Å²) in [5, 5.41) is 0. The van der Waals surface area contributed by atoms with Gasteiger partial charge in [0, 0.05) is 8.80 Å². The topological polar surface area (TPSA) is 18.5 Å². The first-order valence-corrected chi connectivity index (χ1v) is 20.2. The summed E-state index contributed by atoms with van der Waals surface area (Å²) in [6, 6.07) is 5.57. The van der Waals surface area contributed by atoms with Gasteiger partial charge in [-0.15, -0.1) is 0 Å². The van der Waals surface area contributed by atoms with Crippen LogP contribution in [0.3, 0.4) is 0 Å². The Kier molecular flexibility index (Phi) is 9.54. The minimum Gasteiger partial charge on any atom is -0.461 e. The van der Waals surface area contributed by atoms with E-state index in [9.17, 15) is 0 Å². The molecule has 0 bridgehead atoms. The fourth-order valence-corrected chi connectivity index (χ4v) is 16.1. The predicted molar refractivity (Wildman–Crippen MR) is 98.2 cm³/mol. The summed E-state index contributed by atoms with van der Waals surface area (Å²) in [5.41, 5.74) is 0. The van der Waals surface area contributed by atoms with Crippen LogP contribution in [-0.4, -0.2) is 45.0 Å². The molecule has 0 saturated heterocycles. The van der Waals surface area contributed by atoms with Crippen molar-refractivity contribution in [1.82, 2.24) is 0 Å². The molecule has 18 heavy (non-hydrogen) atoms. The quantitative estimate of drug-likeness (QED) is 0.450. The van der Waals surface area contributed by atoms with E-state index in [1.807, 2.05) is 0 Å². The van der Waals surface area contributed by atoms with Crippen molar-refractivity contribution in [1.29, 1.82) is 0 Å². The predicted octanol–water partition coefficient (Wildman–Crippen LogP) is 2.55. The van der Waals surface area contributed by atoms with E-state index in [4.69, 9.17) is 8.23 Å². The lowest BCUT2D eigenvalue weighted by Gasteiger charge is -2.24. The van der Waals surface area contributed by atoms with E-state index in [1.54, 1.807) is 0 Å². The van der Waals surface area contributed by atoms with Crippen molar-refractivity contribution in [3.05, 3.63) is 0 Å². The second-order valence-electron chi connectivity index (χ2n) is 7.21. The van der Waals surface area contributed by atoms with Crippen molar-refractivity contribution < 1.29 is 8.23 Å². The Morgan fingerprint density at radius 2 is 1.44 bits per heavy atom. The maximum absolute atomic E-state index is 6.29. The van der Waals surface area contributed by atoms with Crippen LogP contribution >= 0.6 is 0 Å². The van der Waals surface area contributed by atoms with E-state index in [0.29, 0.717) is 0 Å². The van der Waals surface area contributed by atoms with Crippen molar-refractivity contribution >= 4 is 45.0 Å². The molecule has 0 radical (unpaired) electrons. The standard InChI is InChI=1S/C11H34O2Si5/c1-16(2)10-8-14-13-18(6,7)11-9-15-12-17(3,4)5/h16H,8-11,14-15H2,1-7H3. The molecule has 0 saturated carbocycles. The highest BCUT2D eigenvalue weighted by Gasteiger charge is 2.22. The van der Waals surface area contributed by atoms with Gasteiger partial charge in [-0.1, -0.05) is 19.1 Å². The SMILES string of the molecule is C[SiH](C)CC[SiH2]O[Si](C)(C)CC[SiH2]O[Si](C)(C)C. The summed E-state index contributed by atoms with van der Waals surface area (Å²) >= 11 is 0. The normalized spacial score (nSPS) is 14.7. The lowest BCUT2D eigenvalue weighted by atomic mass is 10.9. The summed E-state index contributed by atoms with van der Waals surface area (Å²) in [7, 11) is -3.41. The number of hydrogen-bond donors (Lipinski definition) is 0. The van der Waals surface area contributed by atoms with Crippen LogP contribution in [0, 0.1) is 0 Å². The molecule has 2 nitrogen and oxygen atoms in total. The molecule has 7 heteroatoms. The molecule has 0 atom stereocenters. The molecule has 0 amide bonds. The lowest BCUT2D eigenvalue weighted by Crippen LogP contribution is -2.33. The molecular formula is C11H34O2Si5. The Labute approximate surface area is 123 Å². The van der Waals surface area contributed by atoms with E-state index in [0.717, 1.165) is 0 Å². The second-order valence-corrected chi connectivity index (χ2v) is 23.4. The van der Waals surface area contributed by atoms with Gasteiger partial charge in [0.2, 0.25) is 0 Å². The highest BCUT2D eigenvalue weighted by molar-refractivity contribution is 6.77. The molecular weight excluding hydrogens is 305 g/mol. The Morgan fingerprint density at radius 3 is 1.94 bits per heavy atom. The van der Waals surface area contributed by atoms with Gasteiger partial charge in [-0.05, 0) is 50.9 Å². The third kappa shape index (κ3) is 13.4. The zero-order valence-electron chi connectivity index (χ0n) is 13.6. The first kappa shape index (κ1) is 19.0. The molecule has 0 aromatic carbocycles. The third-order valence-corrected chi connectivity index (χ3v) is 17.1. The molecule has 0 aliphatic heterocycles. The van der Waals surface area contributed by atoms with E-state index >= 15 is 0 Å². The Hall–Kier alpha value is 1.00. The van der Waals surface area contributed by atoms with Crippen LogP contribution in [0.2, 0.25) is 70.0 Å². The molecule has 0 heterocycles. The van der Waals surface area contributed by atoms with Gasteiger partial charge in [0.15, 0.2) is 16.6 Å². The molecule has 0 fully saturated rings. The molecule has 0 aromatic heterocycles. The van der Waals surface area contributed by atoms with Gasteiger partial charge >= 0.3 is 0 Å². The Balaban J connectivity index is 3.61. The summed E-state index contributed by atoms with van der Waals surface area (Å²) < 4.78 is 12.3. The zero-order chi connectivity index (χ0) is 14.2. The maximum Gasteiger partial charge on any atom is 0.172 e. The van der Waals surface area contributed by atoms with Gasteiger partial charge in [-0.2, -0.15) is 0 Å². The van der Waals surface area contributed by atoms with E-state index < -0.39 is 16.6 Å². The van der Waals surface area contributed by atoms with Gasteiger partial charge < -0.3 is 8.23 Å². The fraction of sp³-hybridized carbons (Fsp3) is 1.00. The number of hydrogen-bond acceptors (Lipinski definition) is 2. The summed E-state index contributed by atoms with van der Waals surface area (Å²) in [6.45, 7) is 16.6. The van der Waals surface area contributed by atoms with Crippen molar-refractivity contribution in [3.63, 3.8) is 0 Å². The lowest BCUT2D eigenvalue weighted by molar-refractivity contribution is 0.576. The van der Waals surface area contributed by atoms with Crippen LogP contribution < -0.4 is 0 Å². The van der Waals surface area contributed by atoms with Gasteiger partial charge in [-0.3, -0.25) is 0 Å². The summed E-state index contributed by atoms with van der Waals surface area (Å²) in [5.74, 6) is 0. The van der Waals surface area contributed by atoms with Gasteiger partial charge in [0.25, 0.3) is 0 Å². The maximum atomic E-state index is 6.29. The van der Waals surface area contributed by atoms with Crippen LogP contribution in [0.4, 0.5) is 0 Å². The fourth-order valence-electron chi connectivity index (χ4n) is 1.79. The molecule has 0 unspecified atom stereocenters. The van der Waals surface area contributed by atoms with Gasteiger partial charge in [0.1, 0.15) is 19.5 Å². The van der Waals surface area contributed by atoms with Gasteiger partial charge in [-0.25, -0.2) is 0 Å². The molecule has 0 spiro atoms. The molecule has 0 aliphatic rings. The zero-order valence-corrected chi connectivity index (χ0v) is 19.6. The van der Waals surface area contributed by atoms with Crippen molar-refractivity contribution in [2.24, 2.45) is 0 Å². The second kappa shape index (κ2) is 9.03. The first-order chi connectivity index (χ1) is 8.12. The van der Waals surface area contributed by atoms with Crippen LogP contribution in [-0.2, 0) is 8.23 Å². The molecule has 0 N–H and O–H groups in total. The average molecular weight is 339 g/mol. The minimum absolute atomic E-state index is 0.218. The summed E-state index contributed by atoms with van der Waals surface area (Å²) in [6.07, 6.45) is 0. The summed E-state index contributed by atoms with van der Waals surface area (Å²) in [4.78, 5) is 0. The highest BCUT2D eigenvalue weighted by Crippen LogP contribution is 2.15. The Morgan fingerprint density at radius 1 is 0.889 bits per heavy atom.